The number of nitro benzene ring substituents is 1. The summed E-state index contributed by atoms with van der Waals surface area (Å²) in [6.45, 7) is -0.369. The van der Waals surface area contributed by atoms with Gasteiger partial charge < -0.3 is 9.47 Å². The summed E-state index contributed by atoms with van der Waals surface area (Å²) in [6.07, 6.45) is -1.04. The fourth-order valence-electron chi connectivity index (χ4n) is 1.89. The van der Waals surface area contributed by atoms with Gasteiger partial charge in [0.15, 0.2) is 0 Å². The number of nitrogens with zero attached hydrogens (tertiary/aromatic N) is 3. The van der Waals surface area contributed by atoms with E-state index in [1.807, 2.05) is 0 Å². The molecule has 0 atom stereocenters. The molecule has 0 aromatic heterocycles. The highest BCUT2D eigenvalue weighted by molar-refractivity contribution is 6.30. The third-order valence-corrected chi connectivity index (χ3v) is 3.35. The number of nitro groups is 1. The van der Waals surface area contributed by atoms with Crippen molar-refractivity contribution in [2.24, 2.45) is 5.29 Å². The Labute approximate surface area is 146 Å². The first-order chi connectivity index (χ1) is 11.9. The predicted molar refractivity (Wildman–Crippen MR) is 89.6 cm³/mol. The van der Waals surface area contributed by atoms with E-state index in [1.165, 1.54) is 49.5 Å². The first-order valence-corrected chi connectivity index (χ1v) is 7.23. The molecule has 9 nitrogen and oxygen atoms in total. The average molecular weight is 366 g/mol. The molecule has 0 saturated heterocycles. The molecule has 2 aromatic carbocycles. The third-order valence-electron chi connectivity index (χ3n) is 3.12. The van der Waals surface area contributed by atoms with Crippen molar-refractivity contribution < 1.29 is 19.2 Å². The van der Waals surface area contributed by atoms with Crippen LogP contribution in [0.4, 0.5) is 16.2 Å². The lowest BCUT2D eigenvalue weighted by molar-refractivity contribution is -0.385. The van der Waals surface area contributed by atoms with Gasteiger partial charge in [-0.25, -0.2) is 9.80 Å². The second-order valence-corrected chi connectivity index (χ2v) is 5.21. The summed E-state index contributed by atoms with van der Waals surface area (Å²) in [4.78, 5) is 32.4. The Morgan fingerprint density at radius 3 is 2.56 bits per heavy atom. The Hall–Kier alpha value is -3.20. The van der Waals surface area contributed by atoms with Crippen LogP contribution in [0.2, 0.25) is 5.02 Å². The Balaban J connectivity index is 1.98. The largest absolute Gasteiger partial charge is 0.514 e. The van der Waals surface area contributed by atoms with Crippen LogP contribution in [-0.2, 0) is 11.3 Å². The average Bonchev–Trinajstić information content (AvgIpc) is 2.59. The van der Waals surface area contributed by atoms with Crippen molar-refractivity contribution in [3.63, 3.8) is 0 Å². The summed E-state index contributed by atoms with van der Waals surface area (Å²) < 4.78 is 9.82. The van der Waals surface area contributed by atoms with Gasteiger partial charge in [0.1, 0.15) is 12.4 Å². The minimum atomic E-state index is -1.04. The summed E-state index contributed by atoms with van der Waals surface area (Å²) >= 11 is 5.79. The van der Waals surface area contributed by atoms with Gasteiger partial charge in [-0.3, -0.25) is 10.1 Å². The van der Waals surface area contributed by atoms with Crippen molar-refractivity contribution >= 4 is 29.1 Å². The standard InChI is InChI=1S/C15H12ClN3O6/c1-18(17-21)12-3-5-13(6-4-12)25-15(20)24-9-10-8-11(16)2-7-14(10)19(22)23/h2-8H,9H2,1H3. The van der Waals surface area contributed by atoms with E-state index in [1.54, 1.807) is 0 Å². The highest BCUT2D eigenvalue weighted by Gasteiger charge is 2.16. The van der Waals surface area contributed by atoms with E-state index < -0.39 is 11.1 Å². The highest BCUT2D eigenvalue weighted by Crippen LogP contribution is 2.24. The molecule has 0 aliphatic heterocycles. The number of carbonyl (C=O) groups excluding carboxylic acids is 1. The van der Waals surface area contributed by atoms with Crippen LogP contribution in [0.25, 0.3) is 0 Å². The number of anilines is 1. The molecule has 10 heteroatoms. The second-order valence-electron chi connectivity index (χ2n) is 4.77. The van der Waals surface area contributed by atoms with Crippen molar-refractivity contribution in [1.82, 2.24) is 0 Å². The zero-order chi connectivity index (χ0) is 18.4. The van der Waals surface area contributed by atoms with E-state index in [0.717, 1.165) is 5.01 Å². The lowest BCUT2D eigenvalue weighted by Gasteiger charge is -2.10. The van der Waals surface area contributed by atoms with Gasteiger partial charge in [-0.1, -0.05) is 11.6 Å². The first-order valence-electron chi connectivity index (χ1n) is 6.85. The summed E-state index contributed by atoms with van der Waals surface area (Å²) in [5, 5.41) is 15.0. The summed E-state index contributed by atoms with van der Waals surface area (Å²) in [6, 6.07) is 9.86. The van der Waals surface area contributed by atoms with Gasteiger partial charge in [-0.15, -0.1) is 4.91 Å². The first kappa shape index (κ1) is 18.1. The van der Waals surface area contributed by atoms with Crippen LogP contribution in [-0.4, -0.2) is 18.1 Å². The van der Waals surface area contributed by atoms with Gasteiger partial charge in [0, 0.05) is 18.1 Å². The van der Waals surface area contributed by atoms with Crippen LogP contribution < -0.4 is 9.75 Å². The number of rotatable bonds is 6. The van der Waals surface area contributed by atoms with Crippen molar-refractivity contribution in [3.8, 4) is 5.75 Å². The zero-order valence-electron chi connectivity index (χ0n) is 12.9. The van der Waals surface area contributed by atoms with Crippen molar-refractivity contribution in [2.45, 2.75) is 6.61 Å². The van der Waals surface area contributed by atoms with Crippen molar-refractivity contribution in [3.05, 3.63) is 68.1 Å². The van der Waals surface area contributed by atoms with E-state index >= 15 is 0 Å². The number of nitroso groups, excluding NO2 is 1. The Morgan fingerprint density at radius 2 is 1.96 bits per heavy atom. The Kier molecular flexibility index (Phi) is 5.85. The van der Waals surface area contributed by atoms with Gasteiger partial charge >= 0.3 is 6.16 Å². The number of hydrogen-bond donors (Lipinski definition) is 0. The topological polar surface area (TPSA) is 111 Å². The quantitative estimate of drug-likeness (QED) is 0.249. The molecule has 0 bridgehead atoms. The molecule has 0 amide bonds. The lowest BCUT2D eigenvalue weighted by Crippen LogP contribution is -2.11. The SMILES string of the molecule is CN(N=O)c1ccc(OC(=O)OCc2cc(Cl)ccc2[N+](=O)[O-])cc1. The molecule has 130 valence electrons. The molecule has 0 saturated carbocycles. The van der Waals surface area contributed by atoms with Crippen LogP contribution in [0.1, 0.15) is 5.56 Å². The van der Waals surface area contributed by atoms with Crippen molar-refractivity contribution in [1.29, 1.82) is 0 Å². The zero-order valence-corrected chi connectivity index (χ0v) is 13.7. The van der Waals surface area contributed by atoms with Crippen LogP contribution in [0.15, 0.2) is 47.8 Å². The molecule has 0 radical (unpaired) electrons. The summed E-state index contributed by atoms with van der Waals surface area (Å²) in [5.41, 5.74) is 0.430. The molecular formula is C15H12ClN3O6. The van der Waals surface area contributed by atoms with E-state index in [4.69, 9.17) is 21.1 Å². The normalized spacial score (nSPS) is 10.0. The van der Waals surface area contributed by atoms with Crippen molar-refractivity contribution in [2.75, 3.05) is 12.1 Å². The molecule has 0 fully saturated rings. The van der Waals surface area contributed by atoms with Gasteiger partial charge in [0.2, 0.25) is 0 Å². The second kappa shape index (κ2) is 8.06. The van der Waals surface area contributed by atoms with E-state index in [9.17, 15) is 19.8 Å². The van der Waals surface area contributed by atoms with E-state index in [2.05, 4.69) is 5.29 Å². The smallest absolute Gasteiger partial charge is 0.429 e. The van der Waals surface area contributed by atoms with E-state index in [-0.39, 0.29) is 28.6 Å². The molecule has 2 aromatic rings. The van der Waals surface area contributed by atoms with Crippen LogP contribution in [0.3, 0.4) is 0 Å². The number of ether oxygens (including phenoxy) is 2. The number of hydrogen-bond acceptors (Lipinski definition) is 7. The van der Waals surface area contributed by atoms with Gasteiger partial charge in [0.05, 0.1) is 21.5 Å². The Bertz CT molecular complexity index is 796. The minimum Gasteiger partial charge on any atom is -0.429 e. The predicted octanol–water partition coefficient (Wildman–Crippen LogP) is 4.08. The minimum absolute atomic E-state index is 0.142. The molecule has 0 unspecified atom stereocenters. The monoisotopic (exact) mass is 365 g/mol. The maximum Gasteiger partial charge on any atom is 0.514 e. The summed E-state index contributed by atoms with van der Waals surface area (Å²) in [5.74, 6) is 0.175. The Morgan fingerprint density at radius 1 is 1.28 bits per heavy atom. The number of carbonyl (C=O) groups is 1. The van der Waals surface area contributed by atoms with Crippen LogP contribution >= 0.6 is 11.6 Å². The molecule has 2 rings (SSSR count). The third kappa shape index (κ3) is 4.88. The molecule has 0 aliphatic carbocycles. The van der Waals surface area contributed by atoms with Gasteiger partial charge in [-0.05, 0) is 36.4 Å². The molecule has 0 spiro atoms. The molecule has 0 N–H and O–H groups in total. The molecule has 0 heterocycles. The molecular weight excluding hydrogens is 354 g/mol. The fourth-order valence-corrected chi connectivity index (χ4v) is 2.08. The van der Waals surface area contributed by atoms with Crippen LogP contribution in [0.5, 0.6) is 5.75 Å². The number of halogens is 1. The summed E-state index contributed by atoms with van der Waals surface area (Å²) in [7, 11) is 1.47. The number of benzene rings is 2. The van der Waals surface area contributed by atoms with Gasteiger partial charge in [-0.2, -0.15) is 0 Å². The highest BCUT2D eigenvalue weighted by atomic mass is 35.5. The fraction of sp³-hybridized carbons (Fsp3) is 0.133. The van der Waals surface area contributed by atoms with Gasteiger partial charge in [0.25, 0.3) is 5.69 Å². The van der Waals surface area contributed by atoms with Crippen LogP contribution in [0, 0.1) is 15.0 Å². The van der Waals surface area contributed by atoms with E-state index in [0.29, 0.717) is 5.69 Å². The molecule has 25 heavy (non-hydrogen) atoms. The molecule has 0 aliphatic rings. The maximum absolute atomic E-state index is 11.7. The lowest BCUT2D eigenvalue weighted by atomic mass is 10.2. The maximum atomic E-state index is 11.7.